The van der Waals surface area contributed by atoms with Gasteiger partial charge in [0, 0.05) is 119 Å². The molecule has 132 heavy (non-hydrogen) atoms. The van der Waals surface area contributed by atoms with E-state index in [1.807, 2.05) is 26.0 Å². The molecule has 6 aromatic rings. The number of fused-ring (bicyclic) bond motifs is 4. The molecule has 20 N–H and O–H groups in total. The van der Waals surface area contributed by atoms with E-state index in [0.717, 1.165) is 14.7 Å². The summed E-state index contributed by atoms with van der Waals surface area (Å²) in [5.41, 5.74) is 14.4. The van der Waals surface area contributed by atoms with Crippen LogP contribution in [-0.4, -0.2) is 300 Å². The second-order valence-electron chi connectivity index (χ2n) is 35.1. The highest BCUT2D eigenvalue weighted by Gasteiger charge is 2.46. The van der Waals surface area contributed by atoms with E-state index in [1.54, 1.807) is 76.5 Å². The summed E-state index contributed by atoms with van der Waals surface area (Å²) < 4.78 is 0. The number of aromatic hydroxyl groups is 1. The second-order valence-corrected chi connectivity index (χ2v) is 35.1. The first-order valence-corrected chi connectivity index (χ1v) is 45.0. The molecule has 41 nitrogen and oxygen atoms in total. The van der Waals surface area contributed by atoms with Gasteiger partial charge in [0.05, 0.1) is 38.5 Å². The number of phenols is 1. The topological polar surface area (TPSA) is 591 Å². The van der Waals surface area contributed by atoms with Gasteiger partial charge in [0.25, 0.3) is 0 Å². The number of para-hydroxylation sites is 2. The highest BCUT2D eigenvalue weighted by Crippen LogP contribution is 2.28. The molecule has 0 radical (unpaired) electrons. The van der Waals surface area contributed by atoms with Crippen molar-refractivity contribution in [3.63, 3.8) is 0 Å². The van der Waals surface area contributed by atoms with Gasteiger partial charge in [-0.25, -0.2) is 4.98 Å². The van der Waals surface area contributed by atoms with Gasteiger partial charge in [-0.15, -0.1) is 0 Å². The van der Waals surface area contributed by atoms with Crippen molar-refractivity contribution < 1.29 is 91.7 Å². The Kier molecular flexibility index (Phi) is 37.6. The fourth-order valence-electron chi connectivity index (χ4n) is 16.8. The number of benzene rings is 3. The minimum Gasteiger partial charge on any atom is -0.508 e. The van der Waals surface area contributed by atoms with Gasteiger partial charge >= 0.3 is 0 Å². The SMILES string of the molecule is CCCCC[C@H]1C(=O)N(C)[C@@H](CCCC)C(=O)N[C@@H](CC(C)C)C(=O)N[C@H](C(=O)NCC(N)=O)CNCC(=O)N[C@@H](Cc2ccc(O)cc2)C(=O)N(C)[C@@H](C)C(=O)N[C@@H](CC(N)=O)C(=O)N2CCC[C@H]2C(=O)N[C@@H](Cc2cnc[nH]2)C(=O)N[C@@H](CC(C)C)C(=O)N2C[C@H](O)C[C@H]2C(=O)N[C@@H](Cc2c[nH]c3ccccc23)C(=O)NCC(=O)N[C@@H](Cc2c[nH]c3ccccc23)C(=O)N1C. The second kappa shape index (κ2) is 48.5. The van der Waals surface area contributed by atoms with E-state index in [2.05, 4.69) is 78.4 Å². The normalized spacial score (nSPS) is 24.6. The molecule has 3 aromatic carbocycles. The number of hydrogen-bond donors (Lipinski definition) is 18. The van der Waals surface area contributed by atoms with E-state index in [0.29, 0.717) is 76.3 Å². The number of H-pyrrole nitrogens is 3. The zero-order chi connectivity index (χ0) is 96.3. The standard InChI is InChI=1S/C91H128N22O19/c1-11-13-15-26-73-91(132)110(9)71(25-14-12-2)84(125)103-63(33-50(3)4)82(123)108-70(81(122)98-45-76(93)117)44-94-46-77(118)101-67(35-53-28-30-57(114)31-29-53)87(128)109(8)52(7)79(120)106-69(40-75(92)116)89(130)112-32-20-27-72(112)85(126)105-65(38-56-43-95-49-100-56)83(124)107-66(34-51(5)6)90(131)113-48-58(115)39-74(113)86(127)104-64(36-54-41-96-61-23-18-16-21-59(54)61)80(121)99-47-78(119)102-68(88(129)111(73)10)37-55-42-97-62-24-19-17-22-60(55)62/h16-19,21-24,28-31,41-43,49-52,58,63-74,94,96-97,114-115H,11-15,20,25-27,32-40,44-48H2,1-10H3,(H2,92,116)(H2,93,117)(H,95,100)(H,98,122)(H,99,121)(H,101,118)(H,102,119)(H,103,125)(H,104,127)(H,105,126)(H,106,120)(H,107,124)(H,108,123)/t52-,58+,63-,64-,65-,66-,67-,68-,69-,70-,71-,72-,73-,74-/m0/s1. The van der Waals surface area contributed by atoms with Crippen LogP contribution in [0.1, 0.15) is 154 Å². The molecule has 3 saturated heterocycles. The molecule has 41 heteroatoms. The summed E-state index contributed by atoms with van der Waals surface area (Å²) in [6.07, 6.45) is 5.47. The van der Waals surface area contributed by atoms with Crippen molar-refractivity contribution in [1.82, 2.24) is 103 Å². The molecule has 0 aliphatic carbocycles. The number of aliphatic hydroxyl groups excluding tert-OH is 1. The van der Waals surface area contributed by atoms with E-state index in [-0.39, 0.29) is 94.8 Å². The minimum absolute atomic E-state index is 0.00131. The first-order valence-electron chi connectivity index (χ1n) is 45.0. The van der Waals surface area contributed by atoms with Crippen LogP contribution in [0.2, 0.25) is 0 Å². The van der Waals surface area contributed by atoms with Gasteiger partial charge in [-0.2, -0.15) is 0 Å². The molecule has 9 rings (SSSR count). The van der Waals surface area contributed by atoms with Gasteiger partial charge in [0.15, 0.2) is 0 Å². The molecule has 3 aliphatic rings. The number of phenolic OH excluding ortho intramolecular Hbond substituents is 1. The molecule has 17 amide bonds. The fourth-order valence-corrected chi connectivity index (χ4v) is 16.8. The molecule has 3 aromatic heterocycles. The predicted octanol–water partition coefficient (Wildman–Crippen LogP) is -1.26. The van der Waals surface area contributed by atoms with Gasteiger partial charge in [0.1, 0.15) is 84.3 Å². The van der Waals surface area contributed by atoms with E-state index in [4.69, 9.17) is 11.5 Å². The van der Waals surface area contributed by atoms with Crippen LogP contribution in [0.15, 0.2) is 97.7 Å². The Hall–Kier alpha value is -13.3. The Morgan fingerprint density at radius 1 is 0.523 bits per heavy atom. The maximum atomic E-state index is 15.7. The molecular formula is C91H128N22O19. The van der Waals surface area contributed by atoms with Crippen molar-refractivity contribution in [3.8, 4) is 5.75 Å². The number of rotatable bonds is 24. The summed E-state index contributed by atoms with van der Waals surface area (Å²) in [5, 5.41) is 52.6. The van der Waals surface area contributed by atoms with Crippen LogP contribution >= 0.6 is 0 Å². The van der Waals surface area contributed by atoms with Crippen molar-refractivity contribution in [1.29, 1.82) is 0 Å². The highest BCUT2D eigenvalue weighted by molar-refractivity contribution is 6.02. The van der Waals surface area contributed by atoms with Gasteiger partial charge in [-0.1, -0.05) is 122 Å². The number of likely N-dealkylation sites (N-methyl/N-ethyl adjacent to an activating group) is 3. The third kappa shape index (κ3) is 28.3. The Labute approximate surface area is 765 Å². The maximum Gasteiger partial charge on any atom is 0.246 e. The molecule has 0 spiro atoms. The number of amides is 17. The summed E-state index contributed by atoms with van der Waals surface area (Å²) in [6, 6.07) is 0.734. The number of nitrogens with zero attached hydrogens (tertiary/aromatic N) is 6. The lowest BCUT2D eigenvalue weighted by molar-refractivity contribution is -0.149. The Morgan fingerprint density at radius 3 is 1.67 bits per heavy atom. The van der Waals surface area contributed by atoms with Crippen LogP contribution in [0.5, 0.6) is 5.75 Å². The van der Waals surface area contributed by atoms with E-state index >= 15 is 33.6 Å². The van der Waals surface area contributed by atoms with Crippen molar-refractivity contribution in [3.05, 3.63) is 120 Å². The van der Waals surface area contributed by atoms with Crippen molar-refractivity contribution >= 4 is 122 Å². The fraction of sp³-hybridized carbons (Fsp3) is 0.538. The summed E-state index contributed by atoms with van der Waals surface area (Å²) in [4.78, 5) is 268. The summed E-state index contributed by atoms with van der Waals surface area (Å²) >= 11 is 0. The zero-order valence-electron chi connectivity index (χ0n) is 76.4. The summed E-state index contributed by atoms with van der Waals surface area (Å²) in [5.74, 6) is -16.0. The van der Waals surface area contributed by atoms with E-state index in [1.165, 1.54) is 74.7 Å². The van der Waals surface area contributed by atoms with E-state index < -0.39 is 224 Å². The average Bonchev–Trinajstić information content (AvgIpc) is 1.42. The lowest BCUT2D eigenvalue weighted by atomic mass is 9.99. The van der Waals surface area contributed by atoms with Crippen LogP contribution in [-0.2, 0) is 107 Å². The number of carbonyl (C=O) groups is 17. The predicted molar refractivity (Wildman–Crippen MR) is 484 cm³/mol. The molecule has 6 heterocycles. The maximum absolute atomic E-state index is 15.7. The van der Waals surface area contributed by atoms with Gasteiger partial charge in [0.2, 0.25) is 100 Å². The number of primary amides is 2. The lowest BCUT2D eigenvalue weighted by Gasteiger charge is -2.36. The number of carbonyl (C=O) groups excluding carboxylic acids is 17. The lowest BCUT2D eigenvalue weighted by Crippen LogP contribution is -2.61. The summed E-state index contributed by atoms with van der Waals surface area (Å²) in [7, 11) is 4.03. The highest BCUT2D eigenvalue weighted by atomic mass is 16.3. The van der Waals surface area contributed by atoms with Gasteiger partial charge < -0.3 is 120 Å². The van der Waals surface area contributed by atoms with Crippen molar-refractivity contribution in [2.24, 2.45) is 23.3 Å². The van der Waals surface area contributed by atoms with Crippen LogP contribution in [0.3, 0.4) is 0 Å². The van der Waals surface area contributed by atoms with Crippen molar-refractivity contribution in [2.45, 2.75) is 242 Å². The number of aromatic amines is 3. The molecule has 14 atom stereocenters. The molecule has 716 valence electrons. The molecular weight excluding hydrogens is 1710 g/mol. The number of unbranched alkanes of at least 4 members (excludes halogenated alkanes) is 3. The van der Waals surface area contributed by atoms with Gasteiger partial charge in [-0.05, 0) is 98.2 Å². The van der Waals surface area contributed by atoms with Crippen LogP contribution in [0, 0.1) is 11.8 Å². The van der Waals surface area contributed by atoms with Crippen LogP contribution in [0.4, 0.5) is 0 Å². The number of imidazole rings is 1. The first-order chi connectivity index (χ1) is 62.8. The quantitative estimate of drug-likeness (QED) is 0.0315. The molecule has 0 bridgehead atoms. The number of aromatic nitrogens is 4. The number of aliphatic hydroxyl groups is 1. The molecule has 3 aliphatic heterocycles. The first kappa shape index (κ1) is 102. The Bertz CT molecular complexity index is 5080. The third-order valence-electron chi connectivity index (χ3n) is 24.0. The van der Waals surface area contributed by atoms with E-state index in [9.17, 15) is 58.2 Å². The average molecular weight is 1830 g/mol. The number of hydrogen-bond acceptors (Lipinski definition) is 21. The van der Waals surface area contributed by atoms with Crippen LogP contribution < -0.4 is 70.0 Å². The number of nitrogens with two attached hydrogens (primary N) is 2. The zero-order valence-corrected chi connectivity index (χ0v) is 76.4. The van der Waals surface area contributed by atoms with Crippen LogP contribution in [0.25, 0.3) is 21.8 Å². The Balaban J connectivity index is 1.08. The molecule has 0 saturated carbocycles. The van der Waals surface area contributed by atoms with Crippen molar-refractivity contribution in [2.75, 3.05) is 60.4 Å². The smallest absolute Gasteiger partial charge is 0.246 e. The monoisotopic (exact) mass is 1830 g/mol. The largest absolute Gasteiger partial charge is 0.508 e. The molecule has 0 unspecified atom stereocenters. The van der Waals surface area contributed by atoms with Gasteiger partial charge in [-0.3, -0.25) is 81.5 Å². The minimum atomic E-state index is -1.77. The molecule has 3 fully saturated rings. The number of nitrogens with one attached hydrogen (secondary N) is 14. The Morgan fingerprint density at radius 2 is 1.06 bits per heavy atom. The third-order valence-corrected chi connectivity index (χ3v) is 24.0. The summed E-state index contributed by atoms with van der Waals surface area (Å²) in [6.45, 7) is 8.91.